The molecule has 0 fully saturated rings. The van der Waals surface area contributed by atoms with Crippen LogP contribution < -0.4 is 4.74 Å². The molecule has 26 heavy (non-hydrogen) atoms. The summed E-state index contributed by atoms with van der Waals surface area (Å²) >= 11 is 0. The Balaban J connectivity index is 2.00. The fourth-order valence-corrected chi connectivity index (χ4v) is 2.93. The van der Waals surface area contributed by atoms with Gasteiger partial charge in [0, 0.05) is 19.1 Å². The van der Waals surface area contributed by atoms with Crippen molar-refractivity contribution in [2.45, 2.75) is 38.5 Å². The van der Waals surface area contributed by atoms with Gasteiger partial charge in [-0.3, -0.25) is 9.69 Å². The van der Waals surface area contributed by atoms with Crippen LogP contribution in [0.1, 0.15) is 25.3 Å². The van der Waals surface area contributed by atoms with Crippen molar-refractivity contribution in [3.8, 4) is 5.75 Å². The van der Waals surface area contributed by atoms with Gasteiger partial charge in [0.2, 0.25) is 0 Å². The van der Waals surface area contributed by atoms with Crippen LogP contribution in [0.4, 0.5) is 0 Å². The van der Waals surface area contributed by atoms with E-state index in [1.54, 1.807) is 0 Å². The van der Waals surface area contributed by atoms with Gasteiger partial charge in [0.05, 0.1) is 6.42 Å². The maximum absolute atomic E-state index is 11.2. The number of aliphatic hydroxyl groups is 1. The monoisotopic (exact) mass is 357 g/mol. The number of para-hydroxylation sites is 1. The Morgan fingerprint density at radius 2 is 1.69 bits per heavy atom. The molecule has 0 bridgehead atoms. The van der Waals surface area contributed by atoms with Gasteiger partial charge in [-0.15, -0.1) is 0 Å². The predicted octanol–water partition coefficient (Wildman–Crippen LogP) is 3.18. The van der Waals surface area contributed by atoms with Gasteiger partial charge >= 0.3 is 5.97 Å². The molecule has 2 aromatic rings. The van der Waals surface area contributed by atoms with E-state index in [0.717, 1.165) is 5.56 Å². The predicted molar refractivity (Wildman–Crippen MR) is 101 cm³/mol. The average Bonchev–Trinajstić information content (AvgIpc) is 2.65. The summed E-state index contributed by atoms with van der Waals surface area (Å²) in [6.45, 7) is 3.08. The molecule has 0 heterocycles. The third kappa shape index (κ3) is 6.86. The van der Waals surface area contributed by atoms with Crippen LogP contribution in [0.2, 0.25) is 0 Å². The highest BCUT2D eigenvalue weighted by Crippen LogP contribution is 2.15. The van der Waals surface area contributed by atoms with E-state index < -0.39 is 12.1 Å². The Hall–Kier alpha value is -2.37. The smallest absolute Gasteiger partial charge is 0.304 e. The van der Waals surface area contributed by atoms with Crippen LogP contribution in [0.3, 0.4) is 0 Å². The van der Waals surface area contributed by atoms with E-state index in [2.05, 4.69) is 0 Å². The lowest BCUT2D eigenvalue weighted by Gasteiger charge is -2.32. The molecule has 0 aliphatic heterocycles. The molecule has 5 heteroatoms. The van der Waals surface area contributed by atoms with Gasteiger partial charge in [-0.25, -0.2) is 0 Å². The maximum Gasteiger partial charge on any atom is 0.304 e. The molecule has 0 aromatic heterocycles. The zero-order valence-electron chi connectivity index (χ0n) is 15.1. The maximum atomic E-state index is 11.2. The van der Waals surface area contributed by atoms with Crippen molar-refractivity contribution in [1.82, 2.24) is 4.90 Å². The molecule has 2 rings (SSSR count). The van der Waals surface area contributed by atoms with Crippen LogP contribution in [0.15, 0.2) is 60.7 Å². The zero-order valence-corrected chi connectivity index (χ0v) is 15.1. The van der Waals surface area contributed by atoms with Gasteiger partial charge in [-0.2, -0.15) is 0 Å². The fourth-order valence-electron chi connectivity index (χ4n) is 2.93. The molecule has 140 valence electrons. The number of hydrogen-bond acceptors (Lipinski definition) is 4. The highest BCUT2D eigenvalue weighted by atomic mass is 16.5. The van der Waals surface area contributed by atoms with E-state index >= 15 is 0 Å². The van der Waals surface area contributed by atoms with E-state index in [4.69, 9.17) is 4.74 Å². The molecule has 2 N–H and O–H groups in total. The van der Waals surface area contributed by atoms with Crippen molar-refractivity contribution in [1.29, 1.82) is 0 Å². The molecule has 0 spiro atoms. The largest absolute Gasteiger partial charge is 0.491 e. The number of rotatable bonds is 11. The first-order valence-corrected chi connectivity index (χ1v) is 8.94. The Morgan fingerprint density at radius 1 is 1.08 bits per heavy atom. The van der Waals surface area contributed by atoms with Gasteiger partial charge in [-0.1, -0.05) is 55.5 Å². The second-order valence-corrected chi connectivity index (χ2v) is 6.35. The third-order valence-electron chi connectivity index (χ3n) is 4.26. The molecule has 0 amide bonds. The lowest BCUT2D eigenvalue weighted by molar-refractivity contribution is -0.138. The van der Waals surface area contributed by atoms with Gasteiger partial charge < -0.3 is 14.9 Å². The molecule has 0 saturated carbocycles. The van der Waals surface area contributed by atoms with Crippen LogP contribution in [-0.2, 0) is 11.3 Å². The topological polar surface area (TPSA) is 70.0 Å². The Labute approximate surface area is 154 Å². The Morgan fingerprint density at radius 3 is 2.27 bits per heavy atom. The standard InChI is InChI=1S/C21H27NO4/c1-2-18(13-21(24)25)22(14-17-9-5-3-6-10-17)15-19(23)16-26-20-11-7-4-8-12-20/h3-12,18-19,23H,2,13-16H2,1H3,(H,24,25)/t18?,19-/m0/s1. The second kappa shape index (κ2) is 10.6. The van der Waals surface area contributed by atoms with Gasteiger partial charge in [-0.05, 0) is 24.1 Å². The molecule has 0 aliphatic rings. The number of benzene rings is 2. The summed E-state index contributed by atoms with van der Waals surface area (Å²) in [6, 6.07) is 19.1. The van der Waals surface area contributed by atoms with Crippen molar-refractivity contribution >= 4 is 5.97 Å². The highest BCUT2D eigenvalue weighted by Gasteiger charge is 2.23. The number of carbonyl (C=O) groups is 1. The number of aliphatic carboxylic acids is 1. The fraction of sp³-hybridized carbons (Fsp3) is 0.381. The van der Waals surface area contributed by atoms with Crippen LogP contribution in [0.5, 0.6) is 5.75 Å². The van der Waals surface area contributed by atoms with Crippen LogP contribution >= 0.6 is 0 Å². The number of nitrogens with zero attached hydrogens (tertiary/aromatic N) is 1. The summed E-state index contributed by atoms with van der Waals surface area (Å²) in [5.74, 6) is -0.122. The SMILES string of the molecule is CCC(CC(=O)O)N(Cc1ccccc1)C[C@H](O)COc1ccccc1. The van der Waals surface area contributed by atoms with E-state index in [-0.39, 0.29) is 19.1 Å². The summed E-state index contributed by atoms with van der Waals surface area (Å²) in [4.78, 5) is 13.2. The minimum absolute atomic E-state index is 0.0512. The van der Waals surface area contributed by atoms with Crippen LogP contribution in [0.25, 0.3) is 0 Å². The van der Waals surface area contributed by atoms with Crippen molar-refractivity contribution in [2.24, 2.45) is 0 Å². The summed E-state index contributed by atoms with van der Waals surface area (Å²) < 4.78 is 5.62. The molecule has 1 unspecified atom stereocenters. The number of aliphatic hydroxyl groups excluding tert-OH is 1. The number of ether oxygens (including phenoxy) is 1. The number of hydrogen-bond donors (Lipinski definition) is 2. The molecule has 0 aliphatic carbocycles. The lowest BCUT2D eigenvalue weighted by Crippen LogP contribution is -2.42. The molecular formula is C21H27NO4. The highest BCUT2D eigenvalue weighted by molar-refractivity contribution is 5.67. The van der Waals surface area contributed by atoms with Gasteiger partial charge in [0.15, 0.2) is 0 Å². The van der Waals surface area contributed by atoms with E-state index in [0.29, 0.717) is 25.3 Å². The minimum atomic E-state index is -0.829. The van der Waals surface area contributed by atoms with E-state index in [9.17, 15) is 15.0 Å². The van der Waals surface area contributed by atoms with E-state index in [1.165, 1.54) is 0 Å². The molecule has 2 atom stereocenters. The average molecular weight is 357 g/mol. The molecular weight excluding hydrogens is 330 g/mol. The van der Waals surface area contributed by atoms with Crippen molar-refractivity contribution in [3.05, 3.63) is 66.2 Å². The van der Waals surface area contributed by atoms with Gasteiger partial charge in [0.1, 0.15) is 18.5 Å². The number of carboxylic acid groups (broad SMARTS) is 1. The van der Waals surface area contributed by atoms with Crippen molar-refractivity contribution in [3.63, 3.8) is 0 Å². The van der Waals surface area contributed by atoms with Crippen LogP contribution in [-0.4, -0.2) is 46.4 Å². The van der Waals surface area contributed by atoms with Crippen molar-refractivity contribution in [2.75, 3.05) is 13.2 Å². The summed E-state index contributed by atoms with van der Waals surface area (Å²) in [5.41, 5.74) is 1.09. The third-order valence-corrected chi connectivity index (χ3v) is 4.26. The quantitative estimate of drug-likeness (QED) is 0.646. The summed E-state index contributed by atoms with van der Waals surface area (Å²) in [7, 11) is 0. The zero-order chi connectivity index (χ0) is 18.8. The Bertz CT molecular complexity index is 648. The van der Waals surface area contributed by atoms with Crippen LogP contribution in [0, 0.1) is 0 Å². The van der Waals surface area contributed by atoms with Gasteiger partial charge in [0.25, 0.3) is 0 Å². The van der Waals surface area contributed by atoms with Crippen molar-refractivity contribution < 1.29 is 19.7 Å². The first-order valence-electron chi connectivity index (χ1n) is 8.94. The Kier molecular flexibility index (Phi) is 8.12. The molecule has 0 radical (unpaired) electrons. The summed E-state index contributed by atoms with van der Waals surface area (Å²) in [6.07, 6.45) is 0.0443. The molecule has 5 nitrogen and oxygen atoms in total. The molecule has 2 aromatic carbocycles. The first kappa shape index (κ1) is 19.9. The normalized spacial score (nSPS) is 13.3. The molecule has 0 saturated heterocycles. The van der Waals surface area contributed by atoms with E-state index in [1.807, 2.05) is 72.5 Å². The minimum Gasteiger partial charge on any atom is -0.491 e. The first-order chi connectivity index (χ1) is 12.6. The number of carboxylic acids is 1. The lowest BCUT2D eigenvalue weighted by atomic mass is 10.1. The second-order valence-electron chi connectivity index (χ2n) is 6.35. The summed E-state index contributed by atoms with van der Waals surface area (Å²) in [5, 5.41) is 19.6.